The molecule has 0 atom stereocenters. The fourth-order valence-electron chi connectivity index (χ4n) is 3.67. The van der Waals surface area contributed by atoms with Gasteiger partial charge < -0.3 is 24.8 Å². The lowest BCUT2D eigenvalue weighted by Gasteiger charge is -2.15. The molecule has 5 rings (SSSR count). The van der Waals surface area contributed by atoms with Crippen molar-refractivity contribution >= 4 is 34.3 Å². The monoisotopic (exact) mass is 469 g/mol. The second-order valence-corrected chi connectivity index (χ2v) is 7.42. The van der Waals surface area contributed by atoms with Gasteiger partial charge in [0.15, 0.2) is 28.5 Å². The molecule has 0 aliphatic heterocycles. The summed E-state index contributed by atoms with van der Waals surface area (Å²) >= 11 is 0. The summed E-state index contributed by atoms with van der Waals surface area (Å²) in [5, 5.41) is 6.59. The molecule has 35 heavy (non-hydrogen) atoms. The number of nitrogens with one attached hydrogen (secondary N) is 2. The van der Waals surface area contributed by atoms with Crippen molar-refractivity contribution in [2.45, 2.75) is 0 Å². The van der Waals surface area contributed by atoms with Crippen molar-refractivity contribution in [2.24, 2.45) is 0 Å². The van der Waals surface area contributed by atoms with Crippen molar-refractivity contribution < 1.29 is 14.2 Å². The number of aromatic nitrogens is 5. The van der Waals surface area contributed by atoms with E-state index in [1.54, 1.807) is 52.2 Å². The van der Waals surface area contributed by atoms with E-state index in [9.17, 15) is 0 Å². The number of imidazole rings is 1. The van der Waals surface area contributed by atoms with E-state index in [4.69, 9.17) is 24.2 Å². The fraction of sp³-hybridized carbons (Fsp3) is 0.120. The van der Waals surface area contributed by atoms with E-state index >= 15 is 0 Å². The molecular formula is C25H23N7O3. The Morgan fingerprint density at radius 1 is 0.771 bits per heavy atom. The van der Waals surface area contributed by atoms with Crippen molar-refractivity contribution in [3.63, 3.8) is 0 Å². The van der Waals surface area contributed by atoms with Gasteiger partial charge in [0.05, 0.1) is 21.3 Å². The van der Waals surface area contributed by atoms with Crippen molar-refractivity contribution in [3.8, 4) is 22.9 Å². The van der Waals surface area contributed by atoms with Crippen LogP contribution in [0.25, 0.3) is 16.9 Å². The van der Waals surface area contributed by atoms with Gasteiger partial charge in [0.2, 0.25) is 11.7 Å². The van der Waals surface area contributed by atoms with Crippen molar-refractivity contribution in [2.75, 3.05) is 32.0 Å². The van der Waals surface area contributed by atoms with Crippen LogP contribution in [0.15, 0.2) is 73.3 Å². The molecule has 0 unspecified atom stereocenters. The number of hydrogen-bond donors (Lipinski definition) is 2. The molecule has 5 aromatic rings. The summed E-state index contributed by atoms with van der Waals surface area (Å²) in [7, 11) is 4.71. The molecule has 2 N–H and O–H groups in total. The molecule has 0 radical (unpaired) electrons. The second-order valence-electron chi connectivity index (χ2n) is 7.42. The summed E-state index contributed by atoms with van der Waals surface area (Å²) in [6, 6.07) is 17.2. The van der Waals surface area contributed by atoms with Gasteiger partial charge in [-0.1, -0.05) is 18.2 Å². The lowest BCUT2D eigenvalue weighted by atomic mass is 10.2. The quantitative estimate of drug-likeness (QED) is 0.334. The van der Waals surface area contributed by atoms with Crippen LogP contribution in [0.5, 0.6) is 17.2 Å². The van der Waals surface area contributed by atoms with Crippen LogP contribution >= 0.6 is 0 Å². The third-order valence-electron chi connectivity index (χ3n) is 5.29. The molecule has 10 heteroatoms. The molecule has 0 amide bonds. The minimum atomic E-state index is 0.399. The van der Waals surface area contributed by atoms with Crippen LogP contribution < -0.4 is 24.8 Å². The van der Waals surface area contributed by atoms with Crippen LogP contribution in [-0.2, 0) is 0 Å². The molecule has 176 valence electrons. The molecule has 3 heterocycles. The second kappa shape index (κ2) is 9.56. The number of rotatable bonds is 8. The highest BCUT2D eigenvalue weighted by Crippen LogP contribution is 2.41. The molecule has 3 aromatic heterocycles. The van der Waals surface area contributed by atoms with Gasteiger partial charge in [0.25, 0.3) is 0 Å². The Kier molecular flexibility index (Phi) is 6.00. The van der Waals surface area contributed by atoms with Crippen molar-refractivity contribution in [3.05, 3.63) is 73.3 Å². The molecule has 0 aliphatic rings. The van der Waals surface area contributed by atoms with E-state index in [0.717, 1.165) is 11.4 Å². The number of anilines is 4. The smallest absolute Gasteiger partial charge is 0.231 e. The molecule has 0 saturated heterocycles. The third kappa shape index (κ3) is 4.36. The number of hydrogen-bond acceptors (Lipinski definition) is 9. The fourth-order valence-corrected chi connectivity index (χ4v) is 3.67. The molecule has 0 fully saturated rings. The van der Waals surface area contributed by atoms with Gasteiger partial charge in [-0.05, 0) is 24.3 Å². The van der Waals surface area contributed by atoms with Gasteiger partial charge in [-0.15, -0.1) is 0 Å². The van der Waals surface area contributed by atoms with Crippen LogP contribution in [-0.4, -0.2) is 45.8 Å². The first-order valence-corrected chi connectivity index (χ1v) is 10.7. The summed E-state index contributed by atoms with van der Waals surface area (Å²) in [5.41, 5.74) is 3.66. The largest absolute Gasteiger partial charge is 0.493 e. The maximum absolute atomic E-state index is 5.49. The number of ether oxygens (including phenoxy) is 3. The first-order valence-electron chi connectivity index (χ1n) is 10.7. The number of methoxy groups -OCH3 is 3. The van der Waals surface area contributed by atoms with Crippen LogP contribution in [0.3, 0.4) is 0 Å². The van der Waals surface area contributed by atoms with E-state index in [1.165, 1.54) is 0 Å². The van der Waals surface area contributed by atoms with Crippen LogP contribution in [0.2, 0.25) is 0 Å². The van der Waals surface area contributed by atoms with Crippen LogP contribution in [0.4, 0.5) is 23.1 Å². The Balaban J connectivity index is 1.63. The Morgan fingerprint density at radius 3 is 2.14 bits per heavy atom. The van der Waals surface area contributed by atoms with Crippen molar-refractivity contribution in [1.29, 1.82) is 0 Å². The Morgan fingerprint density at radius 2 is 1.49 bits per heavy atom. The summed E-state index contributed by atoms with van der Waals surface area (Å²) in [6.45, 7) is 0. The summed E-state index contributed by atoms with van der Waals surface area (Å²) < 4.78 is 18.3. The number of pyridine rings is 1. The maximum Gasteiger partial charge on any atom is 0.231 e. The topological polar surface area (TPSA) is 108 Å². The predicted octanol–water partition coefficient (Wildman–Crippen LogP) is 4.72. The molecule has 10 nitrogen and oxygen atoms in total. The van der Waals surface area contributed by atoms with Gasteiger partial charge in [0, 0.05) is 41.6 Å². The normalized spacial score (nSPS) is 10.7. The number of nitrogens with zero attached hydrogens (tertiary/aromatic N) is 5. The minimum absolute atomic E-state index is 0.399. The van der Waals surface area contributed by atoms with Gasteiger partial charge in [-0.3, -0.25) is 9.55 Å². The molecule has 0 bridgehead atoms. The van der Waals surface area contributed by atoms with E-state index in [1.807, 2.05) is 47.0 Å². The van der Waals surface area contributed by atoms with Gasteiger partial charge in [-0.2, -0.15) is 9.97 Å². The van der Waals surface area contributed by atoms with Gasteiger partial charge in [0.1, 0.15) is 6.33 Å². The average Bonchev–Trinajstić information content (AvgIpc) is 3.33. The van der Waals surface area contributed by atoms with E-state index in [-0.39, 0.29) is 0 Å². The zero-order valence-corrected chi connectivity index (χ0v) is 19.4. The van der Waals surface area contributed by atoms with Gasteiger partial charge in [-0.25, -0.2) is 4.98 Å². The van der Waals surface area contributed by atoms with Crippen LogP contribution in [0.1, 0.15) is 0 Å². The Labute approximate surface area is 201 Å². The standard InChI is InChI=1S/C25H23N7O3/c1-33-19-13-17(14-20(34-2)22(19)35-3)28-23-21-24(32(15-27-21)18-7-5-4-6-8-18)31-25(30-23)29-16-9-11-26-12-10-16/h4-15H,1-3H3,(H2,26,28,29,30,31). The molecule has 0 spiro atoms. The SMILES string of the molecule is COc1cc(Nc2nc(Nc3ccncc3)nc3c2ncn3-c2ccccc2)cc(OC)c1OC. The zero-order valence-electron chi connectivity index (χ0n) is 19.4. The summed E-state index contributed by atoms with van der Waals surface area (Å²) in [5.74, 6) is 2.45. The number of para-hydroxylation sites is 1. The maximum atomic E-state index is 5.49. The first kappa shape index (κ1) is 22.0. The number of fused-ring (bicyclic) bond motifs is 1. The molecule has 0 aliphatic carbocycles. The van der Waals surface area contributed by atoms with E-state index < -0.39 is 0 Å². The number of benzene rings is 2. The predicted molar refractivity (Wildman–Crippen MR) is 134 cm³/mol. The molecule has 0 saturated carbocycles. The van der Waals surface area contributed by atoms with Gasteiger partial charge >= 0.3 is 0 Å². The molecule has 2 aromatic carbocycles. The first-order chi connectivity index (χ1) is 17.2. The minimum Gasteiger partial charge on any atom is -0.493 e. The highest BCUT2D eigenvalue weighted by atomic mass is 16.5. The average molecular weight is 470 g/mol. The lowest BCUT2D eigenvalue weighted by Crippen LogP contribution is -2.04. The highest BCUT2D eigenvalue weighted by molar-refractivity contribution is 5.88. The zero-order chi connectivity index (χ0) is 24.2. The Bertz CT molecular complexity index is 1430. The lowest BCUT2D eigenvalue weighted by molar-refractivity contribution is 0.324. The summed E-state index contributed by atoms with van der Waals surface area (Å²) in [6.07, 6.45) is 5.12. The van der Waals surface area contributed by atoms with Crippen molar-refractivity contribution in [1.82, 2.24) is 24.5 Å². The highest BCUT2D eigenvalue weighted by Gasteiger charge is 2.18. The molecular weight excluding hydrogens is 446 g/mol. The van der Waals surface area contributed by atoms with E-state index in [2.05, 4.69) is 20.6 Å². The Hall–Kier alpha value is -4.86. The summed E-state index contributed by atoms with van der Waals surface area (Å²) in [4.78, 5) is 18.1. The van der Waals surface area contributed by atoms with Crippen LogP contribution in [0, 0.1) is 0 Å². The third-order valence-corrected chi connectivity index (χ3v) is 5.29. The van der Waals surface area contributed by atoms with E-state index in [0.29, 0.717) is 45.9 Å².